The SMILES string of the molecule is C/C(=C\CCC(=O)O)Cc1ccccc1. The monoisotopic (exact) mass is 204 g/mol. The van der Waals surface area contributed by atoms with Crippen molar-refractivity contribution < 1.29 is 9.90 Å². The first kappa shape index (κ1) is 11.5. The van der Waals surface area contributed by atoms with Gasteiger partial charge in [-0.25, -0.2) is 0 Å². The minimum absolute atomic E-state index is 0.214. The van der Waals surface area contributed by atoms with E-state index in [2.05, 4.69) is 12.1 Å². The minimum atomic E-state index is -0.737. The third kappa shape index (κ3) is 5.01. The van der Waals surface area contributed by atoms with Crippen molar-refractivity contribution in [2.24, 2.45) is 0 Å². The first-order chi connectivity index (χ1) is 7.18. The van der Waals surface area contributed by atoms with Crippen LogP contribution in [0.2, 0.25) is 0 Å². The average molecular weight is 204 g/mol. The van der Waals surface area contributed by atoms with E-state index in [0.717, 1.165) is 6.42 Å². The summed E-state index contributed by atoms with van der Waals surface area (Å²) in [5, 5.41) is 8.49. The van der Waals surface area contributed by atoms with Crippen LogP contribution in [-0.4, -0.2) is 11.1 Å². The molecule has 0 amide bonds. The van der Waals surface area contributed by atoms with E-state index in [9.17, 15) is 4.79 Å². The molecule has 1 aromatic carbocycles. The molecule has 0 saturated carbocycles. The number of allylic oxidation sites excluding steroid dienone is 2. The summed E-state index contributed by atoms with van der Waals surface area (Å²) in [4.78, 5) is 10.3. The molecule has 0 atom stereocenters. The van der Waals surface area contributed by atoms with Gasteiger partial charge in [0.05, 0.1) is 0 Å². The number of rotatable bonds is 5. The number of carboxylic acid groups (broad SMARTS) is 1. The molecular formula is C13H16O2. The number of hydrogen-bond acceptors (Lipinski definition) is 1. The van der Waals surface area contributed by atoms with Crippen LogP contribution in [0.4, 0.5) is 0 Å². The highest BCUT2D eigenvalue weighted by atomic mass is 16.4. The Kier molecular flexibility index (Phi) is 4.61. The number of aliphatic carboxylic acids is 1. The molecule has 0 radical (unpaired) electrons. The molecule has 0 heterocycles. The summed E-state index contributed by atoms with van der Waals surface area (Å²) in [6, 6.07) is 10.2. The van der Waals surface area contributed by atoms with Gasteiger partial charge in [-0.3, -0.25) is 4.79 Å². The van der Waals surface area contributed by atoms with Gasteiger partial charge >= 0.3 is 5.97 Å². The molecular weight excluding hydrogens is 188 g/mol. The Hall–Kier alpha value is -1.57. The summed E-state index contributed by atoms with van der Waals surface area (Å²) in [6.07, 6.45) is 3.74. The highest BCUT2D eigenvalue weighted by Crippen LogP contribution is 2.08. The maximum atomic E-state index is 10.3. The van der Waals surface area contributed by atoms with Crippen molar-refractivity contribution in [3.8, 4) is 0 Å². The van der Waals surface area contributed by atoms with Crippen molar-refractivity contribution in [2.45, 2.75) is 26.2 Å². The van der Waals surface area contributed by atoms with Crippen molar-refractivity contribution >= 4 is 5.97 Å². The summed E-state index contributed by atoms with van der Waals surface area (Å²) in [6.45, 7) is 2.04. The van der Waals surface area contributed by atoms with E-state index in [-0.39, 0.29) is 6.42 Å². The second-order valence-electron chi connectivity index (χ2n) is 3.65. The maximum absolute atomic E-state index is 10.3. The smallest absolute Gasteiger partial charge is 0.303 e. The van der Waals surface area contributed by atoms with E-state index >= 15 is 0 Å². The van der Waals surface area contributed by atoms with Crippen molar-refractivity contribution in [1.29, 1.82) is 0 Å². The number of hydrogen-bond donors (Lipinski definition) is 1. The Balaban J connectivity index is 2.41. The number of carbonyl (C=O) groups is 1. The lowest BCUT2D eigenvalue weighted by atomic mass is 10.1. The third-order valence-corrected chi connectivity index (χ3v) is 2.18. The van der Waals surface area contributed by atoms with Gasteiger partial charge < -0.3 is 5.11 Å². The predicted molar refractivity (Wildman–Crippen MR) is 60.8 cm³/mol. The Bertz CT molecular complexity index is 339. The van der Waals surface area contributed by atoms with E-state index in [4.69, 9.17) is 5.11 Å². The lowest BCUT2D eigenvalue weighted by Crippen LogP contribution is -1.93. The summed E-state index contributed by atoms with van der Waals surface area (Å²) in [5.41, 5.74) is 2.49. The molecule has 1 N–H and O–H groups in total. The van der Waals surface area contributed by atoms with Crippen molar-refractivity contribution in [3.63, 3.8) is 0 Å². The van der Waals surface area contributed by atoms with Crippen LogP contribution in [0.5, 0.6) is 0 Å². The van der Waals surface area contributed by atoms with Gasteiger partial charge in [0.1, 0.15) is 0 Å². The van der Waals surface area contributed by atoms with E-state index < -0.39 is 5.97 Å². The molecule has 80 valence electrons. The second-order valence-corrected chi connectivity index (χ2v) is 3.65. The highest BCUT2D eigenvalue weighted by Gasteiger charge is 1.96. The minimum Gasteiger partial charge on any atom is -0.481 e. The maximum Gasteiger partial charge on any atom is 0.303 e. The third-order valence-electron chi connectivity index (χ3n) is 2.18. The molecule has 2 heteroatoms. The standard InChI is InChI=1S/C13H16O2/c1-11(6-5-9-13(14)15)10-12-7-3-2-4-8-12/h2-4,6-8H,5,9-10H2,1H3,(H,14,15)/b11-6+. The molecule has 0 spiro atoms. The zero-order chi connectivity index (χ0) is 11.1. The Labute approximate surface area is 90.3 Å². The van der Waals surface area contributed by atoms with Gasteiger partial charge in [0.2, 0.25) is 0 Å². The Morgan fingerprint density at radius 1 is 1.33 bits per heavy atom. The van der Waals surface area contributed by atoms with Crippen LogP contribution in [0.15, 0.2) is 42.0 Å². The molecule has 0 fully saturated rings. The molecule has 0 saturated heterocycles. The van der Waals surface area contributed by atoms with Gasteiger partial charge in [0, 0.05) is 6.42 Å². The van der Waals surface area contributed by atoms with Crippen molar-refractivity contribution in [1.82, 2.24) is 0 Å². The van der Waals surface area contributed by atoms with Crippen LogP contribution >= 0.6 is 0 Å². The molecule has 0 aliphatic carbocycles. The summed E-state index contributed by atoms with van der Waals surface area (Å²) in [5.74, 6) is -0.737. The average Bonchev–Trinajstić information content (AvgIpc) is 2.18. The van der Waals surface area contributed by atoms with Crippen LogP contribution in [0, 0.1) is 0 Å². The molecule has 1 aromatic rings. The zero-order valence-electron chi connectivity index (χ0n) is 8.94. The van der Waals surface area contributed by atoms with Gasteiger partial charge in [-0.1, -0.05) is 42.0 Å². The van der Waals surface area contributed by atoms with Crippen LogP contribution in [-0.2, 0) is 11.2 Å². The predicted octanol–water partition coefficient (Wildman–Crippen LogP) is 3.04. The fourth-order valence-electron chi connectivity index (χ4n) is 1.43. The summed E-state index contributed by atoms with van der Waals surface area (Å²) < 4.78 is 0. The number of carboxylic acids is 1. The van der Waals surface area contributed by atoms with Gasteiger partial charge in [0.15, 0.2) is 0 Å². The molecule has 0 aliphatic heterocycles. The Morgan fingerprint density at radius 3 is 2.60 bits per heavy atom. The highest BCUT2D eigenvalue weighted by molar-refractivity contribution is 5.66. The Morgan fingerprint density at radius 2 is 2.00 bits per heavy atom. The summed E-state index contributed by atoms with van der Waals surface area (Å²) in [7, 11) is 0. The van der Waals surface area contributed by atoms with Gasteiger partial charge in [-0.05, 0) is 25.3 Å². The largest absolute Gasteiger partial charge is 0.481 e. The van der Waals surface area contributed by atoms with Crippen LogP contribution in [0.25, 0.3) is 0 Å². The van der Waals surface area contributed by atoms with Crippen LogP contribution in [0.3, 0.4) is 0 Å². The first-order valence-electron chi connectivity index (χ1n) is 5.10. The van der Waals surface area contributed by atoms with E-state index in [1.165, 1.54) is 11.1 Å². The van der Waals surface area contributed by atoms with E-state index in [0.29, 0.717) is 6.42 Å². The quantitative estimate of drug-likeness (QED) is 0.748. The lowest BCUT2D eigenvalue weighted by molar-refractivity contribution is -0.136. The zero-order valence-corrected chi connectivity index (χ0v) is 8.94. The van der Waals surface area contributed by atoms with E-state index in [1.54, 1.807) is 0 Å². The van der Waals surface area contributed by atoms with Crippen LogP contribution in [0.1, 0.15) is 25.3 Å². The molecule has 15 heavy (non-hydrogen) atoms. The van der Waals surface area contributed by atoms with Crippen LogP contribution < -0.4 is 0 Å². The molecule has 2 nitrogen and oxygen atoms in total. The number of benzene rings is 1. The van der Waals surface area contributed by atoms with Gasteiger partial charge in [-0.15, -0.1) is 0 Å². The van der Waals surface area contributed by atoms with Gasteiger partial charge in [-0.2, -0.15) is 0 Å². The molecule has 1 rings (SSSR count). The van der Waals surface area contributed by atoms with E-state index in [1.807, 2.05) is 31.2 Å². The second kappa shape index (κ2) is 6.02. The molecule has 0 aromatic heterocycles. The van der Waals surface area contributed by atoms with Crippen molar-refractivity contribution in [2.75, 3.05) is 0 Å². The molecule has 0 aliphatic rings. The molecule has 0 unspecified atom stereocenters. The van der Waals surface area contributed by atoms with Gasteiger partial charge in [0.25, 0.3) is 0 Å². The fourth-order valence-corrected chi connectivity index (χ4v) is 1.43. The topological polar surface area (TPSA) is 37.3 Å². The fraction of sp³-hybridized carbons (Fsp3) is 0.308. The normalized spacial score (nSPS) is 11.4. The summed E-state index contributed by atoms with van der Waals surface area (Å²) >= 11 is 0. The lowest BCUT2D eigenvalue weighted by Gasteiger charge is -2.01. The molecule has 0 bridgehead atoms. The van der Waals surface area contributed by atoms with Crippen molar-refractivity contribution in [3.05, 3.63) is 47.5 Å². The first-order valence-corrected chi connectivity index (χ1v) is 5.10.